The molecule has 0 unspecified atom stereocenters. The van der Waals surface area contributed by atoms with Crippen molar-refractivity contribution in [2.45, 2.75) is 11.3 Å². The minimum Gasteiger partial charge on any atom is -0.225 e. The van der Waals surface area contributed by atoms with Crippen LogP contribution in [0.3, 0.4) is 0 Å². The number of allylic oxidation sites excluding steroid dienone is 1. The van der Waals surface area contributed by atoms with E-state index in [1.165, 1.54) is 6.07 Å². The van der Waals surface area contributed by atoms with Crippen LogP contribution in [0.1, 0.15) is 12.0 Å². The third-order valence-electron chi connectivity index (χ3n) is 1.80. The molecule has 1 rings (SSSR count). The summed E-state index contributed by atoms with van der Waals surface area (Å²) >= 11 is 5.50. The molecule has 0 aliphatic carbocycles. The van der Waals surface area contributed by atoms with Gasteiger partial charge in [0.05, 0.1) is 4.90 Å². The third-order valence-corrected chi connectivity index (χ3v) is 3.00. The van der Waals surface area contributed by atoms with Crippen LogP contribution in [0.4, 0.5) is 0 Å². The molecule has 5 heteroatoms. The fourth-order valence-corrected chi connectivity index (χ4v) is 2.01. The van der Waals surface area contributed by atoms with Crippen LogP contribution in [0.15, 0.2) is 35.2 Å². The zero-order valence-corrected chi connectivity index (χ0v) is 9.63. The first kappa shape index (κ1) is 12.2. The number of hydrogen-bond donors (Lipinski definition) is 1. The Hall–Kier alpha value is -0.840. The number of hydrogen-bond acceptors (Lipinski definition) is 2. The number of alkyl halides is 1. The summed E-state index contributed by atoms with van der Waals surface area (Å²) in [6.45, 7) is 0. The van der Waals surface area contributed by atoms with Gasteiger partial charge in [-0.1, -0.05) is 30.4 Å². The minimum atomic E-state index is -3.65. The molecule has 0 bridgehead atoms. The van der Waals surface area contributed by atoms with Crippen LogP contribution >= 0.6 is 11.6 Å². The number of primary sulfonamides is 1. The predicted octanol–water partition coefficient (Wildman–Crippen LogP) is 1.98. The summed E-state index contributed by atoms with van der Waals surface area (Å²) in [5, 5.41) is 5.07. The lowest BCUT2D eigenvalue weighted by Gasteiger charge is -2.02. The second-order valence-electron chi connectivity index (χ2n) is 2.96. The molecular weight excluding hydrogens is 234 g/mol. The van der Waals surface area contributed by atoms with Gasteiger partial charge in [-0.3, -0.25) is 0 Å². The van der Waals surface area contributed by atoms with E-state index in [0.717, 1.165) is 0 Å². The second-order valence-corrected chi connectivity index (χ2v) is 4.87. The van der Waals surface area contributed by atoms with Gasteiger partial charge in [0, 0.05) is 5.88 Å². The van der Waals surface area contributed by atoms with E-state index in [1.54, 1.807) is 24.3 Å². The van der Waals surface area contributed by atoms with Gasteiger partial charge in [-0.25, -0.2) is 13.6 Å². The molecule has 0 aliphatic heterocycles. The highest BCUT2D eigenvalue weighted by molar-refractivity contribution is 7.89. The Kier molecular flexibility index (Phi) is 4.32. The molecule has 0 heterocycles. The summed E-state index contributed by atoms with van der Waals surface area (Å²) in [5.41, 5.74) is 0.588. The first-order chi connectivity index (χ1) is 7.05. The molecule has 0 radical (unpaired) electrons. The molecule has 0 saturated carbocycles. The van der Waals surface area contributed by atoms with Gasteiger partial charge in [-0.15, -0.1) is 11.6 Å². The lowest BCUT2D eigenvalue weighted by molar-refractivity contribution is 0.597. The van der Waals surface area contributed by atoms with Crippen molar-refractivity contribution in [3.63, 3.8) is 0 Å². The molecule has 0 atom stereocenters. The van der Waals surface area contributed by atoms with Gasteiger partial charge in [0.15, 0.2) is 0 Å². The van der Waals surface area contributed by atoms with Gasteiger partial charge in [0.1, 0.15) is 0 Å². The third kappa shape index (κ3) is 3.66. The van der Waals surface area contributed by atoms with E-state index in [2.05, 4.69) is 0 Å². The monoisotopic (exact) mass is 245 g/mol. The number of nitrogens with two attached hydrogens (primary N) is 1. The molecule has 0 aromatic heterocycles. The highest BCUT2D eigenvalue weighted by atomic mass is 35.5. The number of benzene rings is 1. The normalized spacial score (nSPS) is 12.1. The second kappa shape index (κ2) is 5.30. The average molecular weight is 246 g/mol. The Morgan fingerprint density at radius 3 is 2.60 bits per heavy atom. The van der Waals surface area contributed by atoms with Gasteiger partial charge >= 0.3 is 0 Å². The molecule has 3 nitrogen and oxygen atoms in total. The standard InChI is InChI=1S/C10H12ClNO2S/c11-8-4-3-6-9-5-1-2-7-10(9)15(12,13)14/h1-3,5-7H,4,8H2,(H2,12,13,14). The van der Waals surface area contributed by atoms with Gasteiger partial charge in [-0.2, -0.15) is 0 Å². The predicted molar refractivity (Wildman–Crippen MR) is 62.2 cm³/mol. The zero-order valence-electron chi connectivity index (χ0n) is 8.06. The van der Waals surface area contributed by atoms with Crippen molar-refractivity contribution in [2.24, 2.45) is 5.14 Å². The minimum absolute atomic E-state index is 0.135. The maximum Gasteiger partial charge on any atom is 0.238 e. The molecule has 0 spiro atoms. The van der Waals surface area contributed by atoms with Crippen molar-refractivity contribution < 1.29 is 8.42 Å². The highest BCUT2D eigenvalue weighted by Gasteiger charge is 2.10. The number of rotatable bonds is 4. The van der Waals surface area contributed by atoms with E-state index >= 15 is 0 Å². The van der Waals surface area contributed by atoms with Crippen molar-refractivity contribution in [1.82, 2.24) is 0 Å². The Labute approximate surface area is 94.6 Å². The number of halogens is 1. The lowest BCUT2D eigenvalue weighted by atomic mass is 10.2. The smallest absolute Gasteiger partial charge is 0.225 e. The maximum atomic E-state index is 11.2. The molecule has 2 N–H and O–H groups in total. The van der Waals surface area contributed by atoms with E-state index < -0.39 is 10.0 Å². The molecule has 0 saturated heterocycles. The average Bonchev–Trinajstić information content (AvgIpc) is 2.17. The summed E-state index contributed by atoms with van der Waals surface area (Å²) < 4.78 is 22.4. The highest BCUT2D eigenvalue weighted by Crippen LogP contribution is 2.15. The van der Waals surface area contributed by atoms with Gasteiger partial charge in [0.25, 0.3) is 0 Å². The molecule has 82 valence electrons. The molecular formula is C10H12ClNO2S. The van der Waals surface area contributed by atoms with Crippen LogP contribution in [-0.2, 0) is 10.0 Å². The van der Waals surface area contributed by atoms with Gasteiger partial charge < -0.3 is 0 Å². The van der Waals surface area contributed by atoms with Gasteiger partial charge in [-0.05, 0) is 18.1 Å². The molecule has 0 aliphatic rings. The molecule has 1 aromatic carbocycles. The summed E-state index contributed by atoms with van der Waals surface area (Å²) in [4.78, 5) is 0.135. The lowest BCUT2D eigenvalue weighted by Crippen LogP contribution is -2.13. The molecule has 0 fully saturated rings. The van der Waals surface area contributed by atoms with E-state index in [-0.39, 0.29) is 4.90 Å². The summed E-state index contributed by atoms with van der Waals surface area (Å²) in [6, 6.07) is 6.58. The van der Waals surface area contributed by atoms with Crippen LogP contribution in [0, 0.1) is 0 Å². The SMILES string of the molecule is NS(=O)(=O)c1ccccc1C=CCCCl. The summed E-state index contributed by atoms with van der Waals surface area (Å²) in [6.07, 6.45) is 4.22. The Morgan fingerprint density at radius 2 is 2.00 bits per heavy atom. The van der Waals surface area contributed by atoms with Crippen LogP contribution in [0.25, 0.3) is 6.08 Å². The van der Waals surface area contributed by atoms with Crippen LogP contribution in [-0.4, -0.2) is 14.3 Å². The Bertz CT molecular complexity index is 454. The zero-order chi connectivity index (χ0) is 11.3. The van der Waals surface area contributed by atoms with Crippen molar-refractivity contribution >= 4 is 27.7 Å². The first-order valence-electron chi connectivity index (χ1n) is 4.40. The van der Waals surface area contributed by atoms with Gasteiger partial charge in [0.2, 0.25) is 10.0 Å². The van der Waals surface area contributed by atoms with E-state index in [0.29, 0.717) is 17.9 Å². The molecule has 15 heavy (non-hydrogen) atoms. The molecule has 0 amide bonds. The molecule has 1 aromatic rings. The first-order valence-corrected chi connectivity index (χ1v) is 6.48. The van der Waals surface area contributed by atoms with Crippen LogP contribution < -0.4 is 5.14 Å². The Balaban J connectivity index is 3.08. The van der Waals surface area contributed by atoms with E-state index in [4.69, 9.17) is 16.7 Å². The summed E-state index contributed by atoms with van der Waals surface area (Å²) in [5.74, 6) is 0.508. The van der Waals surface area contributed by atoms with Crippen molar-refractivity contribution in [3.05, 3.63) is 35.9 Å². The number of sulfonamides is 1. The van der Waals surface area contributed by atoms with Crippen molar-refractivity contribution in [3.8, 4) is 0 Å². The van der Waals surface area contributed by atoms with E-state index in [1.807, 2.05) is 6.08 Å². The quantitative estimate of drug-likeness (QED) is 0.825. The van der Waals surface area contributed by atoms with Crippen LogP contribution in [0.2, 0.25) is 0 Å². The Morgan fingerprint density at radius 1 is 1.33 bits per heavy atom. The van der Waals surface area contributed by atoms with E-state index in [9.17, 15) is 8.42 Å². The van der Waals surface area contributed by atoms with Crippen molar-refractivity contribution in [1.29, 1.82) is 0 Å². The fraction of sp³-hybridized carbons (Fsp3) is 0.200. The maximum absolute atomic E-state index is 11.2. The van der Waals surface area contributed by atoms with Crippen molar-refractivity contribution in [2.75, 3.05) is 5.88 Å². The van der Waals surface area contributed by atoms with Crippen LogP contribution in [0.5, 0.6) is 0 Å². The fourth-order valence-electron chi connectivity index (χ4n) is 1.15. The summed E-state index contributed by atoms with van der Waals surface area (Å²) in [7, 11) is -3.65. The topological polar surface area (TPSA) is 60.2 Å². The largest absolute Gasteiger partial charge is 0.238 e.